The van der Waals surface area contributed by atoms with E-state index in [-0.39, 0.29) is 5.69 Å². The van der Waals surface area contributed by atoms with Crippen molar-refractivity contribution in [2.24, 2.45) is 5.92 Å². The Labute approximate surface area is 278 Å². The monoisotopic (exact) mass is 691 g/mol. The lowest BCUT2D eigenvalue weighted by atomic mass is 9.64. The quantitative estimate of drug-likeness (QED) is 0.0824. The number of nitro groups is 1. The third kappa shape index (κ3) is 5.28. The number of carbonyl (C=O) groups is 1. The average Bonchev–Trinajstić information content (AvgIpc) is 3.09. The van der Waals surface area contributed by atoms with Crippen LogP contribution in [-0.2, 0) is 16.1 Å². The topological polar surface area (TPSA) is 115 Å². The van der Waals surface area contributed by atoms with Gasteiger partial charge < -0.3 is 19.4 Å². The van der Waals surface area contributed by atoms with Crippen LogP contribution in [0.1, 0.15) is 47.2 Å². The van der Waals surface area contributed by atoms with Gasteiger partial charge in [0.05, 0.1) is 29.7 Å². The van der Waals surface area contributed by atoms with Crippen molar-refractivity contribution in [1.29, 1.82) is 0 Å². The van der Waals surface area contributed by atoms with E-state index < -0.39 is 40.4 Å². The molecule has 0 amide bonds. The molecule has 4 atom stereocenters. The van der Waals surface area contributed by atoms with Crippen LogP contribution in [0.5, 0.6) is 0 Å². The minimum Gasteiger partial charge on any atom is -0.466 e. The number of nitrogens with zero attached hydrogens (tertiary/aromatic N) is 2. The zero-order valence-electron chi connectivity index (χ0n) is 25.6. The highest BCUT2D eigenvalue weighted by molar-refractivity contribution is 9.10. The van der Waals surface area contributed by atoms with Gasteiger partial charge in [0, 0.05) is 51.6 Å². The van der Waals surface area contributed by atoms with E-state index >= 15 is 0 Å². The molecule has 0 aliphatic carbocycles. The highest BCUT2D eigenvalue weighted by Gasteiger charge is 2.53. The van der Waals surface area contributed by atoms with E-state index in [1.807, 2.05) is 79.7 Å². The second-order valence-electron chi connectivity index (χ2n) is 11.8. The predicted octanol–water partition coefficient (Wildman–Crippen LogP) is 8.03. The van der Waals surface area contributed by atoms with E-state index in [1.54, 1.807) is 18.2 Å². The Morgan fingerprint density at radius 3 is 2.32 bits per heavy atom. The van der Waals surface area contributed by atoms with E-state index in [0.29, 0.717) is 23.4 Å². The smallest absolute Gasteiger partial charge is 0.360 e. The van der Waals surface area contributed by atoms with Gasteiger partial charge in [-0.15, -0.1) is 0 Å². The summed E-state index contributed by atoms with van der Waals surface area (Å²) < 4.78 is 12.1. The lowest BCUT2D eigenvalue weighted by molar-refractivity contribution is -0.384. The third-order valence-corrected chi connectivity index (χ3v) is 9.82. The zero-order chi connectivity index (χ0) is 32.8. The summed E-state index contributed by atoms with van der Waals surface area (Å²) in [4.78, 5) is 41.1. The number of methoxy groups -OCH3 is 1. The molecule has 1 aromatic heterocycles. The minimum absolute atomic E-state index is 0.0446. The minimum atomic E-state index is -0.558. The number of carbonyl (C=O) groups excluding carboxylic acids is 1. The summed E-state index contributed by atoms with van der Waals surface area (Å²) in [6, 6.07) is 30.7. The van der Waals surface area contributed by atoms with Gasteiger partial charge in [-0.2, -0.15) is 0 Å². The molecule has 9 nitrogen and oxygen atoms in total. The first kappa shape index (κ1) is 30.4. The number of nitro benzene ring substituents is 1. The van der Waals surface area contributed by atoms with Crippen LogP contribution in [0.4, 0.5) is 11.4 Å². The summed E-state index contributed by atoms with van der Waals surface area (Å²) in [6.45, 7) is 2.38. The number of non-ortho nitro benzene ring substituents is 1. The average molecular weight is 693 g/mol. The van der Waals surface area contributed by atoms with Crippen molar-refractivity contribution >= 4 is 44.2 Å². The van der Waals surface area contributed by atoms with Crippen molar-refractivity contribution in [3.05, 3.63) is 162 Å². The van der Waals surface area contributed by atoms with Gasteiger partial charge in [-0.1, -0.05) is 88.7 Å². The summed E-state index contributed by atoms with van der Waals surface area (Å²) in [6.07, 6.45) is 0. The van der Waals surface area contributed by atoms with Crippen molar-refractivity contribution in [2.45, 2.75) is 31.5 Å². The Bertz CT molecular complexity index is 2100. The predicted molar refractivity (Wildman–Crippen MR) is 182 cm³/mol. The molecule has 0 fully saturated rings. The molecular formula is C37H30BrN3O6. The van der Waals surface area contributed by atoms with E-state index in [2.05, 4.69) is 26.1 Å². The van der Waals surface area contributed by atoms with Gasteiger partial charge in [-0.3, -0.25) is 10.1 Å². The van der Waals surface area contributed by atoms with Crippen molar-refractivity contribution in [2.75, 3.05) is 12.4 Å². The molecule has 4 aromatic carbocycles. The van der Waals surface area contributed by atoms with E-state index in [4.69, 9.17) is 9.15 Å². The summed E-state index contributed by atoms with van der Waals surface area (Å²) >= 11 is 3.62. The highest BCUT2D eigenvalue weighted by Crippen LogP contribution is 2.59. The fourth-order valence-electron chi connectivity index (χ4n) is 7.33. The first-order valence-electron chi connectivity index (χ1n) is 15.2. The lowest BCUT2D eigenvalue weighted by Gasteiger charge is -2.53. The fourth-order valence-corrected chi connectivity index (χ4v) is 7.69. The largest absolute Gasteiger partial charge is 0.466 e. The number of hydrogen-bond donors (Lipinski definition) is 1. The van der Waals surface area contributed by atoms with Gasteiger partial charge in [-0.25, -0.2) is 9.59 Å². The summed E-state index contributed by atoms with van der Waals surface area (Å²) in [5, 5.41) is 15.9. The Morgan fingerprint density at radius 1 is 0.979 bits per heavy atom. The van der Waals surface area contributed by atoms with E-state index in [9.17, 15) is 19.7 Å². The van der Waals surface area contributed by atoms with Gasteiger partial charge in [-0.05, 0) is 41.8 Å². The number of nitrogens with one attached hydrogen (secondary N) is 1. The second-order valence-corrected chi connectivity index (χ2v) is 12.7. The number of rotatable bonds is 6. The van der Waals surface area contributed by atoms with Crippen LogP contribution in [0.2, 0.25) is 0 Å². The van der Waals surface area contributed by atoms with Crippen molar-refractivity contribution < 1.29 is 18.9 Å². The first-order valence-corrected chi connectivity index (χ1v) is 16.0. The molecule has 5 aromatic rings. The molecule has 0 saturated heterocycles. The highest BCUT2D eigenvalue weighted by atomic mass is 79.9. The molecule has 7 rings (SSSR count). The second kappa shape index (κ2) is 12.2. The van der Waals surface area contributed by atoms with Crippen LogP contribution in [-0.4, -0.2) is 22.9 Å². The standard InChI is InChI=1S/C37H30BrN3O6/c1-21-29(36(42)46-2)30(23-11-7-4-8-12-23)32-33(24-13-16-26(17-14-24)41(44)45)39-34-31(27-19-25(38)15-18-28(27)47-37(34)43)35(32)40(21)20-22-9-5-3-6-10-22/h3-19,30,32-33,35,39H,20H2,1-2H3/t30?,32-,33-,35+/m0/s1. The molecule has 0 spiro atoms. The number of fused-ring (bicyclic) bond motifs is 5. The Hall–Kier alpha value is -5.22. The van der Waals surface area contributed by atoms with Crippen LogP contribution < -0.4 is 10.9 Å². The molecule has 47 heavy (non-hydrogen) atoms. The Kier molecular flexibility index (Phi) is 7.89. The summed E-state index contributed by atoms with van der Waals surface area (Å²) in [5.74, 6) is -1.31. The lowest BCUT2D eigenvalue weighted by Crippen LogP contribution is -2.49. The first-order chi connectivity index (χ1) is 22.8. The third-order valence-electron chi connectivity index (χ3n) is 9.33. The Morgan fingerprint density at radius 2 is 1.66 bits per heavy atom. The van der Waals surface area contributed by atoms with E-state index in [0.717, 1.165) is 37.8 Å². The van der Waals surface area contributed by atoms with Gasteiger partial charge in [0.25, 0.3) is 5.69 Å². The fraction of sp³-hybridized carbons (Fsp3) is 0.189. The number of ether oxygens (including phenoxy) is 1. The van der Waals surface area contributed by atoms with Gasteiger partial charge >= 0.3 is 11.6 Å². The van der Waals surface area contributed by atoms with Crippen LogP contribution >= 0.6 is 15.9 Å². The number of allylic oxidation sites excluding steroid dienone is 1. The maximum atomic E-state index is 13.9. The molecule has 0 radical (unpaired) electrons. The van der Waals surface area contributed by atoms with Crippen molar-refractivity contribution in [3.63, 3.8) is 0 Å². The van der Waals surface area contributed by atoms with Crippen molar-refractivity contribution in [1.82, 2.24) is 4.90 Å². The summed E-state index contributed by atoms with van der Waals surface area (Å²) in [7, 11) is 1.39. The van der Waals surface area contributed by atoms with E-state index in [1.165, 1.54) is 19.2 Å². The number of esters is 1. The van der Waals surface area contributed by atoms with Crippen LogP contribution in [0, 0.1) is 16.0 Å². The van der Waals surface area contributed by atoms with Crippen LogP contribution in [0.3, 0.4) is 0 Å². The SMILES string of the molecule is COC(=O)C1=C(C)N(Cc2ccccc2)[C@@H]2c3c(c(=O)oc4ccc(Br)cc34)N[C@@H](c3ccc([N+](=O)[O-])cc3)[C@@H]2C1c1ccccc1. The number of benzene rings is 4. The normalized spacial score (nSPS) is 20.3. The molecule has 10 heteroatoms. The molecule has 1 unspecified atom stereocenters. The maximum absolute atomic E-state index is 13.9. The Balaban J connectivity index is 1.59. The van der Waals surface area contributed by atoms with Gasteiger partial charge in [0.15, 0.2) is 0 Å². The molecule has 2 aliphatic heterocycles. The molecule has 236 valence electrons. The molecule has 0 saturated carbocycles. The van der Waals surface area contributed by atoms with Crippen LogP contribution in [0.25, 0.3) is 11.0 Å². The number of anilines is 1. The van der Waals surface area contributed by atoms with Crippen molar-refractivity contribution in [3.8, 4) is 0 Å². The molecule has 1 N–H and O–H groups in total. The van der Waals surface area contributed by atoms with Crippen LogP contribution in [0.15, 0.2) is 128 Å². The molecule has 3 heterocycles. The maximum Gasteiger partial charge on any atom is 0.360 e. The molecule has 0 bridgehead atoms. The molecule has 2 aliphatic rings. The van der Waals surface area contributed by atoms with Gasteiger partial charge in [0.2, 0.25) is 0 Å². The number of hydrogen-bond acceptors (Lipinski definition) is 8. The number of halogens is 1. The molecular weight excluding hydrogens is 662 g/mol. The summed E-state index contributed by atoms with van der Waals surface area (Å²) in [5.41, 5.74) is 4.88. The zero-order valence-corrected chi connectivity index (χ0v) is 27.1. The van der Waals surface area contributed by atoms with Gasteiger partial charge in [0.1, 0.15) is 11.3 Å².